The van der Waals surface area contributed by atoms with Gasteiger partial charge in [-0.15, -0.1) is 10.2 Å². The number of hydrogen-bond acceptors (Lipinski definition) is 5. The van der Waals surface area contributed by atoms with Crippen LogP contribution in [0, 0.1) is 13.8 Å². The minimum Gasteiger partial charge on any atom is -0.384 e. The zero-order chi connectivity index (χ0) is 12.7. The summed E-state index contributed by atoms with van der Waals surface area (Å²) in [5.41, 5.74) is 8.06. The van der Waals surface area contributed by atoms with E-state index in [1.165, 1.54) is 0 Å². The van der Waals surface area contributed by atoms with Crippen molar-refractivity contribution in [2.24, 2.45) is 0 Å². The van der Waals surface area contributed by atoms with Gasteiger partial charge < -0.3 is 5.73 Å². The van der Waals surface area contributed by atoms with E-state index in [0.717, 1.165) is 17.2 Å². The Morgan fingerprint density at radius 3 is 2.72 bits per heavy atom. The van der Waals surface area contributed by atoms with Crippen LogP contribution in [-0.4, -0.2) is 24.6 Å². The Bertz CT molecular complexity index is 731. The molecule has 3 rings (SSSR count). The van der Waals surface area contributed by atoms with Crippen LogP contribution in [0.15, 0.2) is 24.3 Å². The molecule has 90 valence electrons. The van der Waals surface area contributed by atoms with E-state index in [1.807, 2.05) is 36.4 Å². The molecule has 0 aromatic carbocycles. The molecule has 0 aliphatic rings. The van der Waals surface area contributed by atoms with Crippen molar-refractivity contribution in [2.45, 2.75) is 13.8 Å². The van der Waals surface area contributed by atoms with Crippen molar-refractivity contribution < 1.29 is 0 Å². The molecule has 2 N–H and O–H groups in total. The van der Waals surface area contributed by atoms with Crippen molar-refractivity contribution in [3.05, 3.63) is 35.8 Å². The maximum atomic E-state index is 5.69. The van der Waals surface area contributed by atoms with Gasteiger partial charge in [0.2, 0.25) is 0 Å². The molecule has 0 aliphatic heterocycles. The van der Waals surface area contributed by atoms with Crippen molar-refractivity contribution in [3.8, 4) is 11.5 Å². The van der Waals surface area contributed by atoms with Crippen LogP contribution in [-0.2, 0) is 0 Å². The van der Waals surface area contributed by atoms with Crippen molar-refractivity contribution in [3.63, 3.8) is 0 Å². The molecule has 3 aromatic rings. The van der Waals surface area contributed by atoms with E-state index in [-0.39, 0.29) is 0 Å². The minimum atomic E-state index is 0.460. The molecule has 6 heteroatoms. The molecule has 0 saturated heterocycles. The molecule has 0 radical (unpaired) electrons. The minimum absolute atomic E-state index is 0.460. The van der Waals surface area contributed by atoms with Crippen LogP contribution in [0.2, 0.25) is 0 Å². The summed E-state index contributed by atoms with van der Waals surface area (Å²) in [6.07, 6.45) is 0. The highest BCUT2D eigenvalue weighted by atomic mass is 15.3. The molecule has 0 bridgehead atoms. The van der Waals surface area contributed by atoms with Gasteiger partial charge in [0.25, 0.3) is 0 Å². The quantitative estimate of drug-likeness (QED) is 0.695. The van der Waals surface area contributed by atoms with Crippen LogP contribution >= 0.6 is 0 Å². The molecule has 0 saturated carbocycles. The number of aryl methyl sites for hydroxylation is 2. The molecule has 18 heavy (non-hydrogen) atoms. The molecule has 3 aromatic heterocycles. The largest absolute Gasteiger partial charge is 0.384 e. The average Bonchev–Trinajstić information content (AvgIpc) is 2.72. The summed E-state index contributed by atoms with van der Waals surface area (Å²) in [6.45, 7) is 3.85. The molecule has 0 amide bonds. The van der Waals surface area contributed by atoms with Crippen LogP contribution in [0.4, 0.5) is 5.82 Å². The summed E-state index contributed by atoms with van der Waals surface area (Å²) in [5, 5.41) is 8.30. The normalized spacial score (nSPS) is 11.0. The zero-order valence-corrected chi connectivity index (χ0v) is 10.1. The third-order valence-corrected chi connectivity index (χ3v) is 2.69. The van der Waals surface area contributed by atoms with Crippen molar-refractivity contribution in [1.29, 1.82) is 0 Å². The lowest BCUT2D eigenvalue weighted by Gasteiger charge is -2.04. The lowest BCUT2D eigenvalue weighted by Crippen LogP contribution is -2.01. The second-order valence-electron chi connectivity index (χ2n) is 4.11. The highest BCUT2D eigenvalue weighted by molar-refractivity contribution is 5.57. The number of hydrogen-bond donors (Lipinski definition) is 1. The van der Waals surface area contributed by atoms with Gasteiger partial charge in [0.15, 0.2) is 11.5 Å². The third kappa shape index (κ3) is 1.58. The van der Waals surface area contributed by atoms with Crippen LogP contribution in [0.25, 0.3) is 17.2 Å². The number of rotatable bonds is 1. The van der Waals surface area contributed by atoms with E-state index < -0.39 is 0 Å². The van der Waals surface area contributed by atoms with Crippen LogP contribution in [0.1, 0.15) is 11.5 Å². The predicted molar refractivity (Wildman–Crippen MR) is 67.9 cm³/mol. The Balaban J connectivity index is 2.31. The molecule has 0 fully saturated rings. The molecule has 6 nitrogen and oxygen atoms in total. The summed E-state index contributed by atoms with van der Waals surface area (Å²) in [7, 11) is 0. The molecular formula is C12H12N6. The second kappa shape index (κ2) is 3.76. The Morgan fingerprint density at radius 1 is 1.11 bits per heavy atom. The summed E-state index contributed by atoms with van der Waals surface area (Å²) in [6, 6.07) is 7.32. The van der Waals surface area contributed by atoms with Gasteiger partial charge in [-0.1, -0.05) is 6.07 Å². The number of nitrogen functional groups attached to an aromatic ring is 1. The molecular weight excluding hydrogens is 228 g/mol. The highest BCUT2D eigenvalue weighted by Gasteiger charge is 2.12. The lowest BCUT2D eigenvalue weighted by molar-refractivity contribution is 0.957. The van der Waals surface area contributed by atoms with Crippen LogP contribution in [0.5, 0.6) is 0 Å². The van der Waals surface area contributed by atoms with Gasteiger partial charge >= 0.3 is 0 Å². The first-order valence-corrected chi connectivity index (χ1v) is 5.57. The van der Waals surface area contributed by atoms with Crippen LogP contribution in [0.3, 0.4) is 0 Å². The fraction of sp³-hybridized carbons (Fsp3) is 0.167. The second-order valence-corrected chi connectivity index (χ2v) is 4.11. The maximum absolute atomic E-state index is 5.69. The van der Waals surface area contributed by atoms with E-state index in [2.05, 4.69) is 20.2 Å². The van der Waals surface area contributed by atoms with Crippen LogP contribution < -0.4 is 5.73 Å². The lowest BCUT2D eigenvalue weighted by atomic mass is 10.3. The standard InChI is InChI=1S/C12H12N6/c1-7-6-11-16-17-12(18(11)8(2)14-7)9-4-3-5-10(13)15-9/h3-6H,1-2H3,(H2,13,15). The Morgan fingerprint density at radius 2 is 1.94 bits per heavy atom. The summed E-state index contributed by atoms with van der Waals surface area (Å²) < 4.78 is 1.87. The van der Waals surface area contributed by atoms with E-state index in [0.29, 0.717) is 17.3 Å². The average molecular weight is 240 g/mol. The van der Waals surface area contributed by atoms with Gasteiger partial charge in [-0.3, -0.25) is 4.40 Å². The van der Waals surface area contributed by atoms with Gasteiger partial charge in [0.05, 0.1) is 0 Å². The summed E-state index contributed by atoms with van der Waals surface area (Å²) in [5.74, 6) is 1.94. The van der Waals surface area contributed by atoms with Crippen molar-refractivity contribution in [1.82, 2.24) is 24.6 Å². The Kier molecular flexibility index (Phi) is 2.22. The summed E-state index contributed by atoms with van der Waals surface area (Å²) in [4.78, 5) is 8.66. The van der Waals surface area contributed by atoms with Crippen molar-refractivity contribution >= 4 is 11.5 Å². The molecule has 0 unspecified atom stereocenters. The van der Waals surface area contributed by atoms with Gasteiger partial charge in [0.1, 0.15) is 17.3 Å². The molecule has 0 aliphatic carbocycles. The first-order chi connectivity index (χ1) is 8.65. The van der Waals surface area contributed by atoms with E-state index in [9.17, 15) is 0 Å². The zero-order valence-electron chi connectivity index (χ0n) is 10.1. The number of fused-ring (bicyclic) bond motifs is 1. The predicted octanol–water partition coefficient (Wildman–Crippen LogP) is 1.39. The number of anilines is 1. The topological polar surface area (TPSA) is 82.0 Å². The third-order valence-electron chi connectivity index (χ3n) is 2.69. The molecule has 0 atom stereocenters. The smallest absolute Gasteiger partial charge is 0.188 e. The van der Waals surface area contributed by atoms with E-state index >= 15 is 0 Å². The first kappa shape index (κ1) is 10.6. The van der Waals surface area contributed by atoms with E-state index in [1.54, 1.807) is 6.07 Å². The number of pyridine rings is 1. The highest BCUT2D eigenvalue weighted by Crippen LogP contribution is 2.18. The number of aromatic nitrogens is 5. The maximum Gasteiger partial charge on any atom is 0.188 e. The molecule has 0 spiro atoms. The number of nitrogens with zero attached hydrogens (tertiary/aromatic N) is 5. The SMILES string of the molecule is Cc1cc2nnc(-c3cccc(N)n3)n2c(C)n1. The Labute approximate surface area is 104 Å². The van der Waals surface area contributed by atoms with E-state index in [4.69, 9.17) is 5.73 Å². The van der Waals surface area contributed by atoms with Gasteiger partial charge in [0, 0.05) is 11.8 Å². The fourth-order valence-electron chi connectivity index (χ4n) is 1.98. The van der Waals surface area contributed by atoms with Gasteiger partial charge in [-0.05, 0) is 26.0 Å². The fourth-order valence-corrected chi connectivity index (χ4v) is 1.98. The first-order valence-electron chi connectivity index (χ1n) is 5.57. The van der Waals surface area contributed by atoms with Crippen molar-refractivity contribution in [2.75, 3.05) is 5.73 Å². The van der Waals surface area contributed by atoms with Gasteiger partial charge in [-0.2, -0.15) is 0 Å². The monoisotopic (exact) mass is 240 g/mol. The molecule has 3 heterocycles. The summed E-state index contributed by atoms with van der Waals surface area (Å²) >= 11 is 0. The Hall–Kier alpha value is -2.50. The number of nitrogens with two attached hydrogens (primary N) is 1. The van der Waals surface area contributed by atoms with Gasteiger partial charge in [-0.25, -0.2) is 9.97 Å².